The fourth-order valence-corrected chi connectivity index (χ4v) is 4.98. The van der Waals surface area contributed by atoms with Crippen LogP contribution in [0.25, 0.3) is 0 Å². The van der Waals surface area contributed by atoms with Gasteiger partial charge in [-0.05, 0) is 32.9 Å². The summed E-state index contributed by atoms with van der Waals surface area (Å²) in [6.07, 6.45) is 4.19. The van der Waals surface area contributed by atoms with Crippen molar-refractivity contribution in [2.45, 2.75) is 36.1 Å². The molecule has 1 aromatic rings. The highest BCUT2D eigenvalue weighted by atomic mass is 32.2. The van der Waals surface area contributed by atoms with E-state index in [4.69, 9.17) is 0 Å². The van der Waals surface area contributed by atoms with Crippen LogP contribution in [0.5, 0.6) is 0 Å². The van der Waals surface area contributed by atoms with Gasteiger partial charge in [0.1, 0.15) is 16.3 Å². The molecule has 1 aromatic heterocycles. The molecule has 0 atom stereocenters. The molecule has 9 nitrogen and oxygen atoms in total. The Bertz CT molecular complexity index is 785. The normalized spacial score (nSPS) is 17.0. The first-order valence-corrected chi connectivity index (χ1v) is 10.9. The van der Waals surface area contributed by atoms with Crippen LogP contribution in [0.15, 0.2) is 22.2 Å². The van der Waals surface area contributed by atoms with Gasteiger partial charge in [0.15, 0.2) is 0 Å². The zero-order chi connectivity index (χ0) is 18.8. The average Bonchev–Trinajstić information content (AvgIpc) is 3.01. The molecule has 25 heavy (non-hydrogen) atoms. The molecule has 2 N–H and O–H groups in total. The Hall–Kier alpha value is -1.43. The number of nitrogens with zero attached hydrogens (tertiary/aromatic N) is 2. The van der Waals surface area contributed by atoms with E-state index in [1.54, 1.807) is 4.90 Å². The molecular formula is C14H24N4O5S2. The van der Waals surface area contributed by atoms with E-state index in [1.807, 2.05) is 0 Å². The van der Waals surface area contributed by atoms with Gasteiger partial charge in [-0.15, -0.1) is 0 Å². The van der Waals surface area contributed by atoms with Crippen molar-refractivity contribution in [3.8, 4) is 0 Å². The third-order valence-corrected chi connectivity index (χ3v) is 7.39. The van der Waals surface area contributed by atoms with Crippen molar-refractivity contribution in [3.05, 3.63) is 12.4 Å². The van der Waals surface area contributed by atoms with Gasteiger partial charge in [0, 0.05) is 25.5 Å². The molecule has 0 aromatic carbocycles. The molecule has 1 aliphatic heterocycles. The summed E-state index contributed by atoms with van der Waals surface area (Å²) in [5.41, 5.74) is 0. The van der Waals surface area contributed by atoms with Gasteiger partial charge in [0.2, 0.25) is 26.0 Å². The maximum atomic E-state index is 12.4. The first-order valence-electron chi connectivity index (χ1n) is 7.95. The minimum absolute atomic E-state index is 0.111. The van der Waals surface area contributed by atoms with Gasteiger partial charge in [-0.2, -0.15) is 0 Å². The maximum Gasteiger partial charge on any atom is 0.243 e. The summed E-state index contributed by atoms with van der Waals surface area (Å²) in [6, 6.07) is 0. The highest BCUT2D eigenvalue weighted by molar-refractivity contribution is 7.92. The van der Waals surface area contributed by atoms with E-state index < -0.39 is 20.0 Å². The monoisotopic (exact) mass is 392 g/mol. The minimum Gasteiger partial charge on any atom is -0.342 e. The van der Waals surface area contributed by atoms with E-state index in [0.29, 0.717) is 19.0 Å². The van der Waals surface area contributed by atoms with Crippen LogP contribution in [0.3, 0.4) is 0 Å². The number of hydrogen-bond donors (Lipinski definition) is 2. The van der Waals surface area contributed by atoms with Crippen molar-refractivity contribution in [3.63, 3.8) is 0 Å². The Balaban J connectivity index is 2.31. The first kappa shape index (κ1) is 19.9. The van der Waals surface area contributed by atoms with E-state index >= 15 is 0 Å². The van der Waals surface area contributed by atoms with Gasteiger partial charge in [-0.1, -0.05) is 6.92 Å². The molecule has 1 saturated heterocycles. The van der Waals surface area contributed by atoms with Crippen molar-refractivity contribution >= 4 is 26.0 Å². The molecule has 0 radical (unpaired) electrons. The van der Waals surface area contributed by atoms with Crippen LogP contribution in [-0.2, 0) is 31.4 Å². The molecule has 2 rings (SSSR count). The number of amides is 1. The molecule has 1 amide bonds. The lowest BCUT2D eigenvalue weighted by molar-refractivity contribution is -0.133. The summed E-state index contributed by atoms with van der Waals surface area (Å²) in [4.78, 5) is 13.4. The Labute approximate surface area is 148 Å². The summed E-state index contributed by atoms with van der Waals surface area (Å²) in [5.74, 6) is 0.416. The predicted octanol–water partition coefficient (Wildman–Crippen LogP) is -0.437. The molecule has 142 valence electrons. The van der Waals surface area contributed by atoms with Gasteiger partial charge >= 0.3 is 0 Å². The van der Waals surface area contributed by atoms with Gasteiger partial charge < -0.3 is 9.47 Å². The number of piperidine rings is 1. The van der Waals surface area contributed by atoms with Crippen LogP contribution in [-0.4, -0.2) is 59.4 Å². The summed E-state index contributed by atoms with van der Waals surface area (Å²) >= 11 is 0. The number of likely N-dealkylation sites (tertiary alicyclic amines) is 1. The highest BCUT2D eigenvalue weighted by Crippen LogP contribution is 2.22. The van der Waals surface area contributed by atoms with Crippen LogP contribution in [0, 0.1) is 5.92 Å². The Morgan fingerprint density at radius 3 is 1.88 bits per heavy atom. The number of carbonyl (C=O) groups is 1. The molecule has 2 heterocycles. The highest BCUT2D eigenvalue weighted by Gasteiger charge is 2.28. The summed E-state index contributed by atoms with van der Waals surface area (Å²) in [7, 11) is -5.57. The van der Waals surface area contributed by atoms with E-state index in [9.17, 15) is 21.6 Å². The Morgan fingerprint density at radius 1 is 1.04 bits per heavy atom. The fourth-order valence-electron chi connectivity index (χ4n) is 2.69. The standard InChI is InChI=1S/C14H24N4O5S2/c1-11-4-6-18(7-5-11)14(19)10-17-8-12(24(20,21)15-2)13(9-17)25(22,23)16-3/h8-9,11,15-16H,4-7,10H2,1-3H3. The third kappa shape index (κ3) is 4.40. The molecule has 1 aliphatic rings. The smallest absolute Gasteiger partial charge is 0.243 e. The van der Waals surface area contributed by atoms with Gasteiger partial charge in [-0.3, -0.25) is 4.79 Å². The minimum atomic E-state index is -3.98. The zero-order valence-corrected chi connectivity index (χ0v) is 16.2. The molecular weight excluding hydrogens is 368 g/mol. The molecule has 11 heteroatoms. The van der Waals surface area contributed by atoms with Crippen LogP contribution < -0.4 is 9.44 Å². The molecule has 0 spiro atoms. The van der Waals surface area contributed by atoms with E-state index in [2.05, 4.69) is 16.4 Å². The number of carbonyl (C=O) groups excluding carboxylic acids is 1. The number of aromatic nitrogens is 1. The quantitative estimate of drug-likeness (QED) is 0.681. The second-order valence-electron chi connectivity index (χ2n) is 6.14. The Kier molecular flexibility index (Phi) is 5.92. The topological polar surface area (TPSA) is 118 Å². The van der Waals surface area contributed by atoms with Gasteiger partial charge in [-0.25, -0.2) is 26.3 Å². The van der Waals surface area contributed by atoms with E-state index in [-0.39, 0.29) is 22.2 Å². The van der Waals surface area contributed by atoms with Gasteiger partial charge in [0.05, 0.1) is 0 Å². The number of rotatable bonds is 6. The van der Waals surface area contributed by atoms with Crippen molar-refractivity contribution in [1.29, 1.82) is 0 Å². The van der Waals surface area contributed by atoms with Crippen LogP contribution >= 0.6 is 0 Å². The third-order valence-electron chi connectivity index (χ3n) is 4.38. The molecule has 1 fully saturated rings. The fraction of sp³-hybridized carbons (Fsp3) is 0.643. The molecule has 0 saturated carbocycles. The average molecular weight is 393 g/mol. The lowest BCUT2D eigenvalue weighted by Gasteiger charge is -2.30. The van der Waals surface area contributed by atoms with Crippen LogP contribution in [0.4, 0.5) is 0 Å². The second kappa shape index (κ2) is 7.44. The Morgan fingerprint density at radius 2 is 1.48 bits per heavy atom. The van der Waals surface area contributed by atoms with Crippen molar-refractivity contribution < 1.29 is 21.6 Å². The lowest BCUT2D eigenvalue weighted by atomic mass is 9.99. The number of hydrogen-bond acceptors (Lipinski definition) is 5. The van der Waals surface area contributed by atoms with Crippen molar-refractivity contribution in [2.24, 2.45) is 5.92 Å². The van der Waals surface area contributed by atoms with Crippen LogP contribution in [0.1, 0.15) is 19.8 Å². The van der Waals surface area contributed by atoms with Crippen molar-refractivity contribution in [2.75, 3.05) is 27.2 Å². The van der Waals surface area contributed by atoms with Crippen LogP contribution in [0.2, 0.25) is 0 Å². The molecule has 0 unspecified atom stereocenters. The second-order valence-corrected chi connectivity index (χ2v) is 9.85. The van der Waals surface area contributed by atoms with E-state index in [1.165, 1.54) is 31.1 Å². The first-order chi connectivity index (χ1) is 11.6. The zero-order valence-electron chi connectivity index (χ0n) is 14.5. The maximum absolute atomic E-state index is 12.4. The molecule has 0 aliphatic carbocycles. The number of nitrogens with one attached hydrogen (secondary N) is 2. The van der Waals surface area contributed by atoms with E-state index in [0.717, 1.165) is 12.8 Å². The lowest BCUT2D eigenvalue weighted by Crippen LogP contribution is -2.39. The summed E-state index contributed by atoms with van der Waals surface area (Å²) in [6.45, 7) is 3.34. The SMILES string of the molecule is CNS(=O)(=O)c1cn(CC(=O)N2CCC(C)CC2)cc1S(=O)(=O)NC. The predicted molar refractivity (Wildman–Crippen MR) is 91.9 cm³/mol. The molecule has 0 bridgehead atoms. The van der Waals surface area contributed by atoms with Crippen molar-refractivity contribution in [1.82, 2.24) is 18.9 Å². The summed E-state index contributed by atoms with van der Waals surface area (Å²) < 4.78 is 53.9. The van der Waals surface area contributed by atoms with Gasteiger partial charge in [0.25, 0.3) is 0 Å². The summed E-state index contributed by atoms with van der Waals surface area (Å²) in [5, 5.41) is 0. The largest absolute Gasteiger partial charge is 0.342 e. The number of sulfonamides is 2.